The quantitative estimate of drug-likeness (QED) is 0.795. The summed E-state index contributed by atoms with van der Waals surface area (Å²) in [6, 6.07) is 0. The van der Waals surface area contributed by atoms with Crippen LogP contribution in [0.25, 0.3) is 0 Å². The van der Waals surface area contributed by atoms with Gasteiger partial charge in [-0.1, -0.05) is 6.92 Å². The van der Waals surface area contributed by atoms with Gasteiger partial charge in [0.2, 0.25) is 0 Å². The number of nitrogens with one attached hydrogen (secondary N) is 1. The monoisotopic (exact) mass is 240 g/mol. The molecule has 0 amide bonds. The van der Waals surface area contributed by atoms with Gasteiger partial charge >= 0.3 is 0 Å². The van der Waals surface area contributed by atoms with E-state index < -0.39 is 0 Å². The summed E-state index contributed by atoms with van der Waals surface area (Å²) in [5, 5.41) is 3.48. The van der Waals surface area contributed by atoms with Gasteiger partial charge in [-0.05, 0) is 52.1 Å². The SMILES string of the molecule is CC1CN(CC2CCNCC2C)CC(C)(C)O1. The van der Waals surface area contributed by atoms with Crippen LogP contribution in [-0.2, 0) is 4.74 Å². The summed E-state index contributed by atoms with van der Waals surface area (Å²) in [7, 11) is 0. The molecule has 2 aliphatic rings. The summed E-state index contributed by atoms with van der Waals surface area (Å²) in [5.74, 6) is 1.67. The molecule has 0 saturated carbocycles. The molecular weight excluding hydrogens is 212 g/mol. The van der Waals surface area contributed by atoms with Gasteiger partial charge in [0.05, 0.1) is 11.7 Å². The Balaban J connectivity index is 1.89. The fourth-order valence-corrected chi connectivity index (χ4v) is 3.40. The van der Waals surface area contributed by atoms with Crippen molar-refractivity contribution in [3.05, 3.63) is 0 Å². The van der Waals surface area contributed by atoms with Crippen molar-refractivity contribution in [2.75, 3.05) is 32.7 Å². The van der Waals surface area contributed by atoms with E-state index in [9.17, 15) is 0 Å². The van der Waals surface area contributed by atoms with Crippen molar-refractivity contribution < 1.29 is 4.74 Å². The highest BCUT2D eigenvalue weighted by Crippen LogP contribution is 2.25. The summed E-state index contributed by atoms with van der Waals surface area (Å²) >= 11 is 0. The molecule has 2 aliphatic heterocycles. The Kier molecular flexibility index (Phi) is 4.11. The summed E-state index contributed by atoms with van der Waals surface area (Å²) in [5.41, 5.74) is 0.0216. The van der Waals surface area contributed by atoms with Gasteiger partial charge in [-0.3, -0.25) is 4.90 Å². The lowest BCUT2D eigenvalue weighted by Gasteiger charge is -2.44. The second kappa shape index (κ2) is 5.25. The molecule has 0 bridgehead atoms. The van der Waals surface area contributed by atoms with Crippen molar-refractivity contribution in [2.45, 2.75) is 45.8 Å². The minimum absolute atomic E-state index is 0.0216. The van der Waals surface area contributed by atoms with Crippen LogP contribution in [-0.4, -0.2) is 49.3 Å². The Morgan fingerprint density at radius 1 is 1.35 bits per heavy atom. The summed E-state index contributed by atoms with van der Waals surface area (Å²) < 4.78 is 5.97. The topological polar surface area (TPSA) is 24.5 Å². The Bertz CT molecular complexity index is 255. The van der Waals surface area contributed by atoms with Crippen LogP contribution in [0.2, 0.25) is 0 Å². The Morgan fingerprint density at radius 3 is 2.76 bits per heavy atom. The summed E-state index contributed by atoms with van der Waals surface area (Å²) in [6.07, 6.45) is 1.70. The number of morpholine rings is 1. The predicted molar refractivity (Wildman–Crippen MR) is 71.2 cm³/mol. The smallest absolute Gasteiger partial charge is 0.0757 e. The third-order valence-corrected chi connectivity index (χ3v) is 4.10. The van der Waals surface area contributed by atoms with Crippen LogP contribution in [0.15, 0.2) is 0 Å². The van der Waals surface area contributed by atoms with Gasteiger partial charge in [0.15, 0.2) is 0 Å². The Morgan fingerprint density at radius 2 is 2.12 bits per heavy atom. The van der Waals surface area contributed by atoms with E-state index in [0.717, 1.165) is 24.9 Å². The maximum Gasteiger partial charge on any atom is 0.0757 e. The number of rotatable bonds is 2. The van der Waals surface area contributed by atoms with Crippen molar-refractivity contribution in [3.8, 4) is 0 Å². The predicted octanol–water partition coefficient (Wildman–Crippen LogP) is 1.73. The average molecular weight is 240 g/mol. The summed E-state index contributed by atoms with van der Waals surface area (Å²) in [4.78, 5) is 2.61. The first-order chi connectivity index (χ1) is 7.96. The van der Waals surface area contributed by atoms with Crippen LogP contribution >= 0.6 is 0 Å². The molecule has 1 N–H and O–H groups in total. The number of hydrogen-bond acceptors (Lipinski definition) is 3. The lowest BCUT2D eigenvalue weighted by molar-refractivity contribution is -0.132. The molecule has 100 valence electrons. The molecule has 0 aromatic heterocycles. The molecule has 2 rings (SSSR count). The van der Waals surface area contributed by atoms with Crippen molar-refractivity contribution in [1.82, 2.24) is 10.2 Å². The van der Waals surface area contributed by atoms with E-state index >= 15 is 0 Å². The molecule has 3 heteroatoms. The maximum absolute atomic E-state index is 5.97. The first-order valence-electron chi connectivity index (χ1n) is 7.07. The van der Waals surface area contributed by atoms with Crippen molar-refractivity contribution in [1.29, 1.82) is 0 Å². The number of piperidine rings is 1. The molecule has 0 radical (unpaired) electrons. The first kappa shape index (κ1) is 13.3. The van der Waals surface area contributed by atoms with Crippen LogP contribution in [0.4, 0.5) is 0 Å². The van der Waals surface area contributed by atoms with Gasteiger partial charge in [-0.15, -0.1) is 0 Å². The van der Waals surface area contributed by atoms with Gasteiger partial charge in [0.1, 0.15) is 0 Å². The van der Waals surface area contributed by atoms with Gasteiger partial charge < -0.3 is 10.1 Å². The molecule has 2 saturated heterocycles. The molecular formula is C14H28N2O. The fourth-order valence-electron chi connectivity index (χ4n) is 3.40. The molecule has 3 unspecified atom stereocenters. The molecule has 0 aliphatic carbocycles. The lowest BCUT2D eigenvalue weighted by atomic mass is 9.87. The molecule has 2 heterocycles. The van der Waals surface area contributed by atoms with Crippen LogP contribution in [0.5, 0.6) is 0 Å². The third kappa shape index (κ3) is 3.67. The van der Waals surface area contributed by atoms with Gasteiger partial charge in [-0.25, -0.2) is 0 Å². The largest absolute Gasteiger partial charge is 0.370 e. The second-order valence-electron chi connectivity index (χ2n) is 6.61. The normalized spacial score (nSPS) is 39.2. The molecule has 0 aromatic carbocycles. The molecule has 17 heavy (non-hydrogen) atoms. The van der Waals surface area contributed by atoms with Gasteiger partial charge in [0.25, 0.3) is 0 Å². The van der Waals surface area contributed by atoms with Gasteiger partial charge in [-0.2, -0.15) is 0 Å². The van der Waals surface area contributed by atoms with Crippen molar-refractivity contribution in [2.24, 2.45) is 11.8 Å². The standard InChI is InChI=1S/C14H28N2O/c1-11-7-15-6-5-13(11)9-16-8-12(2)17-14(3,4)10-16/h11-13,15H,5-10H2,1-4H3. The van der Waals surface area contributed by atoms with Crippen molar-refractivity contribution >= 4 is 0 Å². The highest BCUT2D eigenvalue weighted by molar-refractivity contribution is 4.85. The zero-order chi connectivity index (χ0) is 12.5. The summed E-state index contributed by atoms with van der Waals surface area (Å²) in [6.45, 7) is 14.8. The van der Waals surface area contributed by atoms with Crippen LogP contribution in [0, 0.1) is 11.8 Å². The van der Waals surface area contributed by atoms with E-state index in [2.05, 4.69) is 37.9 Å². The zero-order valence-corrected chi connectivity index (χ0v) is 11.8. The lowest BCUT2D eigenvalue weighted by Crippen LogP contribution is -2.54. The third-order valence-electron chi connectivity index (χ3n) is 4.10. The van der Waals surface area contributed by atoms with Crippen molar-refractivity contribution in [3.63, 3.8) is 0 Å². The molecule has 3 nitrogen and oxygen atoms in total. The molecule has 0 aromatic rings. The minimum Gasteiger partial charge on any atom is -0.370 e. The van der Waals surface area contributed by atoms with Gasteiger partial charge in [0, 0.05) is 19.6 Å². The molecule has 0 spiro atoms. The van der Waals surface area contributed by atoms with E-state index in [0.29, 0.717) is 6.10 Å². The number of hydrogen-bond donors (Lipinski definition) is 1. The Hall–Kier alpha value is -0.120. The number of ether oxygens (including phenoxy) is 1. The zero-order valence-electron chi connectivity index (χ0n) is 11.8. The van der Waals surface area contributed by atoms with E-state index in [1.54, 1.807) is 0 Å². The highest BCUT2D eigenvalue weighted by Gasteiger charge is 2.33. The van der Waals surface area contributed by atoms with E-state index in [4.69, 9.17) is 4.74 Å². The van der Waals surface area contributed by atoms with Crippen LogP contribution < -0.4 is 5.32 Å². The van der Waals surface area contributed by atoms with E-state index in [1.165, 1.54) is 26.1 Å². The van der Waals surface area contributed by atoms with Crippen LogP contribution in [0.1, 0.15) is 34.1 Å². The fraction of sp³-hybridized carbons (Fsp3) is 1.00. The average Bonchev–Trinajstić information content (AvgIpc) is 2.18. The Labute approximate surface area is 106 Å². The first-order valence-corrected chi connectivity index (χ1v) is 7.07. The highest BCUT2D eigenvalue weighted by atomic mass is 16.5. The number of nitrogens with zero attached hydrogens (tertiary/aromatic N) is 1. The molecule has 2 fully saturated rings. The van der Waals surface area contributed by atoms with E-state index in [-0.39, 0.29) is 5.60 Å². The van der Waals surface area contributed by atoms with E-state index in [1.807, 2.05) is 0 Å². The second-order valence-corrected chi connectivity index (χ2v) is 6.61. The minimum atomic E-state index is 0.0216. The molecule has 3 atom stereocenters. The maximum atomic E-state index is 5.97. The van der Waals surface area contributed by atoms with Crippen LogP contribution in [0.3, 0.4) is 0 Å².